The number of rotatable bonds is 4. The van der Waals surface area contributed by atoms with Gasteiger partial charge in [0.1, 0.15) is 17.7 Å². The lowest BCUT2D eigenvalue weighted by Crippen LogP contribution is -1.99. The van der Waals surface area contributed by atoms with Crippen LogP contribution >= 0.6 is 0 Å². The molecule has 0 atom stereocenters. The molecule has 0 amide bonds. The van der Waals surface area contributed by atoms with E-state index in [9.17, 15) is 0 Å². The van der Waals surface area contributed by atoms with E-state index in [0.717, 1.165) is 18.4 Å². The molecule has 76 valence electrons. The van der Waals surface area contributed by atoms with Gasteiger partial charge >= 0.3 is 0 Å². The molecule has 0 fully saturated rings. The van der Waals surface area contributed by atoms with Crippen LogP contribution in [0.15, 0.2) is 11.1 Å². The topological polar surface area (TPSA) is 47.6 Å². The van der Waals surface area contributed by atoms with Crippen molar-refractivity contribution in [1.82, 2.24) is 0 Å². The average molecular weight is 190 g/mol. The van der Waals surface area contributed by atoms with Gasteiger partial charge in [0.05, 0.1) is 0 Å². The van der Waals surface area contributed by atoms with Crippen molar-refractivity contribution in [3.63, 3.8) is 0 Å². The predicted octanol–water partition coefficient (Wildman–Crippen LogP) is 3.42. The molecule has 2 heteroatoms. The van der Waals surface area contributed by atoms with Crippen molar-refractivity contribution in [1.29, 1.82) is 10.5 Å². The average Bonchev–Trinajstić information content (AvgIpc) is 2.03. The van der Waals surface area contributed by atoms with E-state index in [1.54, 1.807) is 0 Å². The highest BCUT2D eigenvalue weighted by Crippen LogP contribution is 2.22. The lowest BCUT2D eigenvalue weighted by Gasteiger charge is -2.12. The molecular formula is C12H18N2. The van der Waals surface area contributed by atoms with E-state index in [1.807, 2.05) is 12.1 Å². The molecule has 0 unspecified atom stereocenters. The Morgan fingerprint density at radius 1 is 0.929 bits per heavy atom. The van der Waals surface area contributed by atoms with Crippen molar-refractivity contribution >= 4 is 0 Å². The third kappa shape index (κ3) is 4.67. The summed E-state index contributed by atoms with van der Waals surface area (Å²) in [5.41, 5.74) is 1.33. The highest BCUT2D eigenvalue weighted by molar-refractivity contribution is 5.40. The van der Waals surface area contributed by atoms with Crippen molar-refractivity contribution in [3.8, 4) is 12.1 Å². The second-order valence-electron chi connectivity index (χ2n) is 4.40. The Bertz CT molecular complexity index is 256. The third-order valence-electron chi connectivity index (χ3n) is 1.89. The Morgan fingerprint density at radius 3 is 1.50 bits per heavy atom. The zero-order chi connectivity index (χ0) is 11.1. The molecule has 0 N–H and O–H groups in total. The van der Waals surface area contributed by atoms with Gasteiger partial charge in [-0.25, -0.2) is 0 Å². The first-order valence-electron chi connectivity index (χ1n) is 5.03. The summed E-state index contributed by atoms with van der Waals surface area (Å²) in [7, 11) is 0. The van der Waals surface area contributed by atoms with Gasteiger partial charge in [0.2, 0.25) is 0 Å². The maximum absolute atomic E-state index is 8.79. The van der Waals surface area contributed by atoms with Gasteiger partial charge in [0.25, 0.3) is 0 Å². The molecule has 0 saturated carbocycles. The van der Waals surface area contributed by atoms with E-state index in [1.165, 1.54) is 0 Å². The summed E-state index contributed by atoms with van der Waals surface area (Å²) in [5.74, 6) is 1.00. The highest BCUT2D eigenvalue weighted by Gasteiger charge is 2.10. The van der Waals surface area contributed by atoms with E-state index in [4.69, 9.17) is 10.5 Å². The van der Waals surface area contributed by atoms with Gasteiger partial charge in [0.15, 0.2) is 0 Å². The van der Waals surface area contributed by atoms with Crippen LogP contribution in [0.25, 0.3) is 0 Å². The van der Waals surface area contributed by atoms with Crippen molar-refractivity contribution in [2.75, 3.05) is 0 Å². The van der Waals surface area contributed by atoms with Gasteiger partial charge in [-0.15, -0.1) is 0 Å². The number of allylic oxidation sites excluding steroid dienone is 2. The minimum Gasteiger partial charge on any atom is -0.192 e. The molecule has 0 aromatic rings. The lowest BCUT2D eigenvalue weighted by molar-refractivity contribution is 0.569. The number of nitriles is 2. The SMILES string of the molecule is CC(C)CC(CC(C)C)=C(C#N)C#N. The monoisotopic (exact) mass is 190 g/mol. The van der Waals surface area contributed by atoms with Crippen LogP contribution in [0.1, 0.15) is 40.5 Å². The van der Waals surface area contributed by atoms with Gasteiger partial charge < -0.3 is 0 Å². The Morgan fingerprint density at radius 2 is 1.29 bits per heavy atom. The molecule has 0 rings (SSSR count). The van der Waals surface area contributed by atoms with Crippen LogP contribution in [-0.4, -0.2) is 0 Å². The van der Waals surface area contributed by atoms with Crippen LogP contribution in [-0.2, 0) is 0 Å². The maximum atomic E-state index is 8.79. The van der Waals surface area contributed by atoms with Gasteiger partial charge in [-0.2, -0.15) is 10.5 Å². The predicted molar refractivity (Wildman–Crippen MR) is 57.2 cm³/mol. The zero-order valence-electron chi connectivity index (χ0n) is 9.46. The summed E-state index contributed by atoms with van der Waals surface area (Å²) in [6.07, 6.45) is 1.71. The van der Waals surface area contributed by atoms with Gasteiger partial charge in [-0.1, -0.05) is 27.7 Å². The van der Waals surface area contributed by atoms with E-state index < -0.39 is 0 Å². The molecule has 0 spiro atoms. The van der Waals surface area contributed by atoms with Crippen LogP contribution in [0.5, 0.6) is 0 Å². The first kappa shape index (κ1) is 12.7. The first-order chi connectivity index (χ1) is 6.51. The summed E-state index contributed by atoms with van der Waals surface area (Å²) in [4.78, 5) is 0. The molecule has 2 nitrogen and oxygen atoms in total. The number of hydrogen-bond donors (Lipinski definition) is 0. The molecule has 0 heterocycles. The standard InChI is InChI=1S/C12H18N2/c1-9(2)5-11(6-10(3)4)12(7-13)8-14/h9-10H,5-6H2,1-4H3. The molecule has 0 aliphatic heterocycles. The Kier molecular flexibility index (Phi) is 5.65. The molecular weight excluding hydrogens is 172 g/mol. The Hall–Kier alpha value is -1.28. The summed E-state index contributed by atoms with van der Waals surface area (Å²) < 4.78 is 0. The van der Waals surface area contributed by atoms with E-state index in [2.05, 4.69) is 27.7 Å². The number of hydrogen-bond acceptors (Lipinski definition) is 2. The third-order valence-corrected chi connectivity index (χ3v) is 1.89. The minimum atomic E-state index is 0.312. The fourth-order valence-corrected chi connectivity index (χ4v) is 1.46. The zero-order valence-corrected chi connectivity index (χ0v) is 9.46. The van der Waals surface area contributed by atoms with Crippen molar-refractivity contribution in [2.45, 2.75) is 40.5 Å². The molecule has 0 bridgehead atoms. The van der Waals surface area contributed by atoms with Crippen molar-refractivity contribution in [3.05, 3.63) is 11.1 Å². The summed E-state index contributed by atoms with van der Waals surface area (Å²) in [6.45, 7) is 8.42. The molecule has 0 aromatic carbocycles. The quantitative estimate of drug-likeness (QED) is 0.638. The molecule has 0 aliphatic rings. The Labute approximate surface area is 86.8 Å². The van der Waals surface area contributed by atoms with Crippen LogP contribution < -0.4 is 0 Å². The fourth-order valence-electron chi connectivity index (χ4n) is 1.46. The molecule has 0 aromatic heterocycles. The Balaban J connectivity index is 4.81. The molecule has 0 radical (unpaired) electrons. The first-order valence-corrected chi connectivity index (χ1v) is 5.03. The summed E-state index contributed by atoms with van der Waals surface area (Å²) >= 11 is 0. The van der Waals surface area contributed by atoms with Gasteiger partial charge in [-0.3, -0.25) is 0 Å². The van der Waals surface area contributed by atoms with Crippen molar-refractivity contribution < 1.29 is 0 Å². The molecule has 0 aliphatic carbocycles. The van der Waals surface area contributed by atoms with E-state index >= 15 is 0 Å². The highest BCUT2D eigenvalue weighted by atomic mass is 14.3. The van der Waals surface area contributed by atoms with Crippen LogP contribution in [0.3, 0.4) is 0 Å². The van der Waals surface area contributed by atoms with Crippen LogP contribution in [0.4, 0.5) is 0 Å². The molecule has 0 saturated heterocycles. The minimum absolute atomic E-state index is 0.312. The summed E-state index contributed by atoms with van der Waals surface area (Å²) in [6, 6.07) is 3.96. The second kappa shape index (κ2) is 6.22. The number of nitrogens with zero attached hydrogens (tertiary/aromatic N) is 2. The molecule has 14 heavy (non-hydrogen) atoms. The second-order valence-corrected chi connectivity index (χ2v) is 4.40. The van der Waals surface area contributed by atoms with Gasteiger partial charge in [-0.05, 0) is 30.3 Å². The lowest BCUT2D eigenvalue weighted by atomic mass is 9.92. The maximum Gasteiger partial charge on any atom is 0.128 e. The normalized spacial score (nSPS) is 9.71. The summed E-state index contributed by atoms with van der Waals surface area (Å²) in [5, 5.41) is 17.6. The fraction of sp³-hybridized carbons (Fsp3) is 0.667. The smallest absolute Gasteiger partial charge is 0.128 e. The van der Waals surface area contributed by atoms with E-state index in [-0.39, 0.29) is 0 Å². The van der Waals surface area contributed by atoms with Gasteiger partial charge in [0, 0.05) is 0 Å². The largest absolute Gasteiger partial charge is 0.192 e. The van der Waals surface area contributed by atoms with E-state index in [0.29, 0.717) is 17.4 Å². The van der Waals surface area contributed by atoms with Crippen LogP contribution in [0, 0.1) is 34.5 Å². The van der Waals surface area contributed by atoms with Crippen molar-refractivity contribution in [2.24, 2.45) is 11.8 Å². The van der Waals surface area contributed by atoms with Crippen LogP contribution in [0.2, 0.25) is 0 Å².